The van der Waals surface area contributed by atoms with Gasteiger partial charge in [-0.1, -0.05) is 11.6 Å². The van der Waals surface area contributed by atoms with Gasteiger partial charge in [0.2, 0.25) is 5.95 Å². The molecule has 3 aromatic rings. The second-order valence-corrected chi connectivity index (χ2v) is 10.5. The summed E-state index contributed by atoms with van der Waals surface area (Å²) in [7, 11) is 1.62. The lowest BCUT2D eigenvalue weighted by molar-refractivity contribution is -0.157. The Morgan fingerprint density at radius 3 is 2.58 bits per heavy atom. The molecule has 0 bridgehead atoms. The maximum atomic E-state index is 12.7. The second-order valence-electron chi connectivity index (χ2n) is 10.1. The minimum Gasteiger partial charge on any atom is -0.481 e. The van der Waals surface area contributed by atoms with Crippen LogP contribution < -0.4 is 20.5 Å². The van der Waals surface area contributed by atoms with Crippen LogP contribution in [0.25, 0.3) is 10.9 Å². The number of rotatable bonds is 7. The number of nitrogens with one attached hydrogen (secondary N) is 1. The first-order valence-electron chi connectivity index (χ1n) is 12.2. The molecule has 3 heterocycles. The average molecular weight is 544 g/mol. The van der Waals surface area contributed by atoms with Crippen molar-refractivity contribution in [3.05, 3.63) is 45.8 Å². The van der Waals surface area contributed by atoms with Crippen LogP contribution in [-0.2, 0) is 21.4 Å². The number of carbonyl (C=O) groups is 2. The highest BCUT2D eigenvalue weighted by Crippen LogP contribution is 2.29. The molecule has 1 saturated heterocycles. The van der Waals surface area contributed by atoms with Gasteiger partial charge in [0.05, 0.1) is 17.6 Å². The molecule has 2 N–H and O–H groups in total. The third-order valence-electron chi connectivity index (χ3n) is 6.08. The van der Waals surface area contributed by atoms with Crippen molar-refractivity contribution in [2.24, 2.45) is 13.0 Å². The van der Waals surface area contributed by atoms with E-state index in [0.717, 1.165) is 0 Å². The van der Waals surface area contributed by atoms with Crippen LogP contribution in [0.4, 0.5) is 17.5 Å². The number of fused-ring (bicyclic) bond motifs is 1. The maximum Gasteiger partial charge on any atom is 0.344 e. The fourth-order valence-corrected chi connectivity index (χ4v) is 4.34. The van der Waals surface area contributed by atoms with Crippen LogP contribution >= 0.6 is 11.6 Å². The van der Waals surface area contributed by atoms with E-state index in [-0.39, 0.29) is 23.8 Å². The minimum absolute atomic E-state index is 0.0233. The van der Waals surface area contributed by atoms with Crippen molar-refractivity contribution in [2.75, 3.05) is 29.9 Å². The lowest BCUT2D eigenvalue weighted by Gasteiger charge is -2.30. The number of hydrogen-bond donors (Lipinski definition) is 2. The molecule has 11 nitrogen and oxygen atoms in total. The average Bonchev–Trinajstić information content (AvgIpc) is 2.85. The number of pyridine rings is 1. The summed E-state index contributed by atoms with van der Waals surface area (Å²) >= 11 is 6.36. The summed E-state index contributed by atoms with van der Waals surface area (Å²) in [6.07, 6.45) is 2.54. The summed E-state index contributed by atoms with van der Waals surface area (Å²) in [6.45, 7) is 5.94. The first kappa shape index (κ1) is 27.2. The van der Waals surface area contributed by atoms with Crippen molar-refractivity contribution >= 4 is 51.9 Å². The molecule has 0 aliphatic carbocycles. The van der Waals surface area contributed by atoms with Gasteiger partial charge in [0, 0.05) is 31.2 Å². The number of aryl methyl sites for hydroxylation is 1. The Morgan fingerprint density at radius 2 is 1.92 bits per heavy atom. The summed E-state index contributed by atoms with van der Waals surface area (Å²) < 4.78 is 12.2. The van der Waals surface area contributed by atoms with Crippen molar-refractivity contribution in [1.82, 2.24) is 14.5 Å². The number of piperidine rings is 1. The zero-order valence-corrected chi connectivity index (χ0v) is 22.4. The number of aromatic nitrogens is 3. The van der Waals surface area contributed by atoms with E-state index in [1.165, 1.54) is 10.8 Å². The molecule has 0 saturated carbocycles. The van der Waals surface area contributed by atoms with Gasteiger partial charge < -0.3 is 29.4 Å². The number of anilines is 3. The summed E-state index contributed by atoms with van der Waals surface area (Å²) in [6, 6.07) is 6.96. The predicted molar refractivity (Wildman–Crippen MR) is 143 cm³/mol. The van der Waals surface area contributed by atoms with Crippen molar-refractivity contribution in [2.45, 2.75) is 39.2 Å². The van der Waals surface area contributed by atoms with Gasteiger partial charge in [0.1, 0.15) is 10.6 Å². The zero-order valence-electron chi connectivity index (χ0n) is 21.7. The van der Waals surface area contributed by atoms with E-state index in [0.29, 0.717) is 59.3 Å². The fourth-order valence-electron chi connectivity index (χ4n) is 4.20. The molecular weight excluding hydrogens is 514 g/mol. The third kappa shape index (κ3) is 6.34. The summed E-state index contributed by atoms with van der Waals surface area (Å²) in [5.41, 5.74) is 0.287. The summed E-state index contributed by atoms with van der Waals surface area (Å²) in [5.74, 6) is -0.838. The van der Waals surface area contributed by atoms with Crippen LogP contribution in [0.1, 0.15) is 33.6 Å². The van der Waals surface area contributed by atoms with E-state index >= 15 is 0 Å². The molecule has 1 fully saturated rings. The van der Waals surface area contributed by atoms with Crippen molar-refractivity contribution in [3.8, 4) is 5.75 Å². The van der Waals surface area contributed by atoms with Gasteiger partial charge in [0.25, 0.3) is 5.56 Å². The Hall–Kier alpha value is -3.86. The van der Waals surface area contributed by atoms with Crippen LogP contribution in [0.15, 0.2) is 35.3 Å². The molecule has 0 radical (unpaired) electrons. The first-order chi connectivity index (χ1) is 17.9. The van der Waals surface area contributed by atoms with Crippen LogP contribution in [0.2, 0.25) is 5.02 Å². The molecule has 0 amide bonds. The Labute approximate surface area is 224 Å². The molecule has 1 aliphatic rings. The fraction of sp³-hybridized carbons (Fsp3) is 0.423. The zero-order chi connectivity index (χ0) is 27.6. The molecule has 2 aromatic heterocycles. The molecule has 4 rings (SSSR count). The predicted octanol–water partition coefficient (Wildman–Crippen LogP) is 3.75. The Bertz CT molecular complexity index is 1430. The number of carboxylic acids is 1. The van der Waals surface area contributed by atoms with Crippen LogP contribution in [-0.4, -0.2) is 56.9 Å². The van der Waals surface area contributed by atoms with Crippen LogP contribution in [0, 0.1) is 5.92 Å². The smallest absolute Gasteiger partial charge is 0.344 e. The highest BCUT2D eigenvalue weighted by atomic mass is 35.5. The third-order valence-corrected chi connectivity index (χ3v) is 6.35. The van der Waals surface area contributed by atoms with E-state index in [9.17, 15) is 19.5 Å². The summed E-state index contributed by atoms with van der Waals surface area (Å²) in [5, 5.41) is 13.4. The number of carbonyl (C=O) groups excluding carboxylic acids is 1. The number of halogens is 1. The molecule has 0 unspecified atom stereocenters. The number of carboxylic acid groups (broad SMARTS) is 1. The van der Waals surface area contributed by atoms with Gasteiger partial charge >= 0.3 is 11.9 Å². The van der Waals surface area contributed by atoms with Gasteiger partial charge in [0.15, 0.2) is 18.2 Å². The molecule has 0 atom stereocenters. The highest BCUT2D eigenvalue weighted by molar-refractivity contribution is 6.32. The molecule has 1 aliphatic heterocycles. The minimum atomic E-state index is -0.781. The molecule has 38 heavy (non-hydrogen) atoms. The molecule has 0 spiro atoms. The van der Waals surface area contributed by atoms with Gasteiger partial charge in [-0.15, -0.1) is 0 Å². The van der Waals surface area contributed by atoms with Gasteiger partial charge in [-0.2, -0.15) is 4.98 Å². The number of ether oxygens (including phenoxy) is 2. The molecule has 202 valence electrons. The molecule has 1 aromatic carbocycles. The lowest BCUT2D eigenvalue weighted by Crippen LogP contribution is -2.37. The van der Waals surface area contributed by atoms with Crippen LogP contribution in [0.3, 0.4) is 0 Å². The van der Waals surface area contributed by atoms with Crippen molar-refractivity contribution < 1.29 is 24.2 Å². The van der Waals surface area contributed by atoms with Crippen LogP contribution in [0.5, 0.6) is 5.75 Å². The van der Waals surface area contributed by atoms with Crippen molar-refractivity contribution in [1.29, 1.82) is 0 Å². The number of benzene rings is 1. The van der Waals surface area contributed by atoms with Gasteiger partial charge in [-0.25, -0.2) is 9.78 Å². The van der Waals surface area contributed by atoms with Gasteiger partial charge in [-0.05, 0) is 57.9 Å². The molecular formula is C26H30ClN5O6. The summed E-state index contributed by atoms with van der Waals surface area (Å²) in [4.78, 5) is 46.9. The highest BCUT2D eigenvalue weighted by Gasteiger charge is 2.26. The normalized spacial score (nSPS) is 14.4. The number of hydrogen-bond acceptors (Lipinski definition) is 9. The van der Waals surface area contributed by atoms with E-state index < -0.39 is 17.5 Å². The van der Waals surface area contributed by atoms with E-state index in [1.807, 2.05) is 11.0 Å². The number of esters is 1. The van der Waals surface area contributed by atoms with Gasteiger partial charge in [-0.3, -0.25) is 9.59 Å². The maximum absolute atomic E-state index is 12.7. The number of aliphatic carboxylic acids is 1. The first-order valence-corrected chi connectivity index (χ1v) is 12.5. The van der Waals surface area contributed by atoms with E-state index in [2.05, 4.69) is 15.3 Å². The standard InChI is InChI=1S/C26H30ClN5O6/c1-26(2,3)38-21(33)14-37-20-12-16-11-17(5-6-19(16)31(4)23(20)34)29-22-18(27)13-28-25(30-22)32-9-7-15(8-10-32)24(35)36/h5-6,11-13,15H,7-10,14H2,1-4H3,(H,35,36)(H,28,29,30). The lowest BCUT2D eigenvalue weighted by atomic mass is 9.97. The van der Waals surface area contributed by atoms with Crippen molar-refractivity contribution in [3.63, 3.8) is 0 Å². The monoisotopic (exact) mass is 543 g/mol. The quantitative estimate of drug-likeness (QED) is 0.424. The molecule has 12 heteroatoms. The Morgan fingerprint density at radius 1 is 1.21 bits per heavy atom. The SMILES string of the molecule is Cn1c(=O)c(OCC(=O)OC(C)(C)C)cc2cc(Nc3nc(N4CCC(C(=O)O)CC4)ncc3Cl)ccc21. The number of nitrogens with zero attached hydrogens (tertiary/aromatic N) is 4. The largest absolute Gasteiger partial charge is 0.481 e. The second kappa shape index (κ2) is 10.9. The van der Waals surface area contributed by atoms with E-state index in [1.54, 1.807) is 46.0 Å². The Kier molecular flexibility index (Phi) is 7.77. The topological polar surface area (TPSA) is 136 Å². The van der Waals surface area contributed by atoms with E-state index in [4.69, 9.17) is 21.1 Å². The Balaban J connectivity index is 1.54.